The zero-order valence-electron chi connectivity index (χ0n) is 6.33. The Kier molecular flexibility index (Phi) is 5.07. The summed E-state index contributed by atoms with van der Waals surface area (Å²) in [5.41, 5.74) is 0. The monoisotopic (exact) mass is 126 g/mol. The van der Waals surface area contributed by atoms with E-state index < -0.39 is 0 Å². The van der Waals surface area contributed by atoms with Crippen LogP contribution < -0.4 is 0 Å². The molecule has 0 unspecified atom stereocenters. The van der Waals surface area contributed by atoms with Crippen molar-refractivity contribution in [1.29, 1.82) is 0 Å². The van der Waals surface area contributed by atoms with E-state index in [-0.39, 0.29) is 0 Å². The number of rotatable bonds is 3. The van der Waals surface area contributed by atoms with Gasteiger partial charge in [0.15, 0.2) is 0 Å². The van der Waals surface area contributed by atoms with E-state index >= 15 is 0 Å². The topological polar surface area (TPSA) is 24.7 Å². The molecule has 0 aromatic heterocycles. The van der Waals surface area contributed by atoms with Gasteiger partial charge in [0.25, 0.3) is 0 Å². The molecule has 0 saturated carbocycles. The van der Waals surface area contributed by atoms with Crippen molar-refractivity contribution in [2.75, 3.05) is 6.54 Å². The van der Waals surface area contributed by atoms with Crippen LogP contribution in [0.3, 0.4) is 0 Å². The second kappa shape index (κ2) is 5.48. The first-order chi connectivity index (χ1) is 4.31. The summed E-state index contributed by atoms with van der Waals surface area (Å²) in [5, 5.41) is 0. The molecule has 0 aromatic carbocycles. The summed E-state index contributed by atoms with van der Waals surface area (Å²) >= 11 is 0. The van der Waals surface area contributed by atoms with Gasteiger partial charge in [-0.05, 0) is 33.2 Å². The Balaban J connectivity index is 3.37. The summed E-state index contributed by atoms with van der Waals surface area (Å²) in [5.74, 6) is 0. The molecule has 0 heterocycles. The van der Waals surface area contributed by atoms with Crippen LogP contribution >= 0.6 is 0 Å². The summed E-state index contributed by atoms with van der Waals surface area (Å²) in [6.07, 6.45) is 3.62. The van der Waals surface area contributed by atoms with Crippen molar-refractivity contribution in [2.45, 2.75) is 26.8 Å². The first-order valence-corrected chi connectivity index (χ1v) is 3.23. The maximum absolute atomic E-state index is 4.12. The van der Waals surface area contributed by atoms with Crippen LogP contribution in [0.25, 0.3) is 0 Å². The third-order valence-electron chi connectivity index (χ3n) is 0.956. The standard InChI is InChI=1S/C7H14N2/c1-4-8-6-7(3)9-5-2/h4-5,7H,6H2,1-3H3/t7-/m1/s1. The van der Waals surface area contributed by atoms with Crippen molar-refractivity contribution in [2.24, 2.45) is 9.98 Å². The van der Waals surface area contributed by atoms with E-state index in [4.69, 9.17) is 0 Å². The van der Waals surface area contributed by atoms with Gasteiger partial charge in [-0.15, -0.1) is 0 Å². The van der Waals surface area contributed by atoms with Gasteiger partial charge in [-0.3, -0.25) is 9.98 Å². The number of nitrogens with zero attached hydrogens (tertiary/aromatic N) is 2. The Labute approximate surface area is 56.7 Å². The van der Waals surface area contributed by atoms with Crippen LogP contribution in [0, 0.1) is 0 Å². The minimum Gasteiger partial charge on any atom is -0.296 e. The fraction of sp³-hybridized carbons (Fsp3) is 0.714. The normalized spacial score (nSPS) is 15.4. The molecule has 0 fully saturated rings. The van der Waals surface area contributed by atoms with E-state index in [0.717, 1.165) is 6.54 Å². The van der Waals surface area contributed by atoms with Crippen molar-refractivity contribution in [3.63, 3.8) is 0 Å². The molecule has 1 atom stereocenters. The molecule has 52 valence electrons. The number of aliphatic imine (C=N–C) groups is 2. The zero-order chi connectivity index (χ0) is 7.11. The van der Waals surface area contributed by atoms with Crippen molar-refractivity contribution < 1.29 is 0 Å². The molecule has 9 heavy (non-hydrogen) atoms. The zero-order valence-corrected chi connectivity index (χ0v) is 6.33. The van der Waals surface area contributed by atoms with E-state index in [9.17, 15) is 0 Å². The molecule has 0 radical (unpaired) electrons. The van der Waals surface area contributed by atoms with E-state index in [1.54, 1.807) is 0 Å². The molecule has 0 aromatic rings. The fourth-order valence-corrected chi connectivity index (χ4v) is 0.560. The molecule has 0 bridgehead atoms. The molecule has 0 saturated heterocycles. The third-order valence-corrected chi connectivity index (χ3v) is 0.956. The van der Waals surface area contributed by atoms with Crippen LogP contribution in [-0.2, 0) is 0 Å². The first kappa shape index (κ1) is 8.34. The van der Waals surface area contributed by atoms with E-state index in [0.29, 0.717) is 6.04 Å². The predicted octanol–water partition coefficient (Wildman–Crippen LogP) is 1.56. The molecule has 0 aliphatic carbocycles. The molecule has 0 aliphatic heterocycles. The fourth-order valence-electron chi connectivity index (χ4n) is 0.560. The maximum Gasteiger partial charge on any atom is 0.0662 e. The summed E-state index contributed by atoms with van der Waals surface area (Å²) in [7, 11) is 0. The molecule has 0 spiro atoms. The highest BCUT2D eigenvalue weighted by Gasteiger charge is 1.90. The second-order valence-corrected chi connectivity index (χ2v) is 1.88. The lowest BCUT2D eigenvalue weighted by molar-refractivity contribution is 0.760. The average Bonchev–Trinajstić information content (AvgIpc) is 1.85. The number of hydrogen-bond acceptors (Lipinski definition) is 2. The van der Waals surface area contributed by atoms with E-state index in [1.807, 2.05) is 33.2 Å². The summed E-state index contributed by atoms with van der Waals surface area (Å²) < 4.78 is 0. The Hall–Kier alpha value is -0.660. The van der Waals surface area contributed by atoms with Crippen LogP contribution in [0.2, 0.25) is 0 Å². The summed E-state index contributed by atoms with van der Waals surface area (Å²) in [6, 6.07) is 0.339. The van der Waals surface area contributed by atoms with Crippen LogP contribution in [0.5, 0.6) is 0 Å². The SMILES string of the molecule is CC=NC[C@@H](C)N=CC. The van der Waals surface area contributed by atoms with Gasteiger partial charge >= 0.3 is 0 Å². The molecule has 0 amide bonds. The van der Waals surface area contributed by atoms with Gasteiger partial charge in [-0.1, -0.05) is 0 Å². The summed E-state index contributed by atoms with van der Waals surface area (Å²) in [6.45, 7) is 6.70. The molecule has 2 heteroatoms. The first-order valence-electron chi connectivity index (χ1n) is 3.23. The Morgan fingerprint density at radius 2 is 2.00 bits per heavy atom. The molecule has 0 aliphatic rings. The van der Waals surface area contributed by atoms with Gasteiger partial charge in [0.1, 0.15) is 0 Å². The summed E-state index contributed by atoms with van der Waals surface area (Å²) in [4.78, 5) is 8.17. The van der Waals surface area contributed by atoms with Crippen molar-refractivity contribution in [3.05, 3.63) is 0 Å². The van der Waals surface area contributed by atoms with Gasteiger partial charge in [-0.25, -0.2) is 0 Å². The van der Waals surface area contributed by atoms with E-state index in [2.05, 4.69) is 9.98 Å². The minimum absolute atomic E-state index is 0.339. The van der Waals surface area contributed by atoms with Gasteiger partial charge in [0, 0.05) is 0 Å². The molecule has 0 N–H and O–H groups in total. The minimum atomic E-state index is 0.339. The maximum atomic E-state index is 4.12. The van der Waals surface area contributed by atoms with Crippen molar-refractivity contribution in [1.82, 2.24) is 0 Å². The molecular formula is C7H14N2. The van der Waals surface area contributed by atoms with Crippen LogP contribution in [0.15, 0.2) is 9.98 Å². The highest BCUT2D eigenvalue weighted by atomic mass is 14.8. The second-order valence-electron chi connectivity index (χ2n) is 1.88. The predicted molar refractivity (Wildman–Crippen MR) is 42.7 cm³/mol. The lowest BCUT2D eigenvalue weighted by Crippen LogP contribution is -2.01. The van der Waals surface area contributed by atoms with E-state index in [1.165, 1.54) is 0 Å². The quantitative estimate of drug-likeness (QED) is 0.513. The number of hydrogen-bond donors (Lipinski definition) is 0. The molecule has 0 rings (SSSR count). The van der Waals surface area contributed by atoms with Crippen LogP contribution in [0.1, 0.15) is 20.8 Å². The van der Waals surface area contributed by atoms with Gasteiger partial charge in [0.2, 0.25) is 0 Å². The van der Waals surface area contributed by atoms with Crippen molar-refractivity contribution >= 4 is 12.4 Å². The Morgan fingerprint density at radius 3 is 2.44 bits per heavy atom. The lowest BCUT2D eigenvalue weighted by atomic mass is 10.4. The average molecular weight is 126 g/mol. The highest BCUT2D eigenvalue weighted by Crippen LogP contribution is 1.87. The van der Waals surface area contributed by atoms with Crippen LogP contribution in [-0.4, -0.2) is 25.0 Å². The van der Waals surface area contributed by atoms with Gasteiger partial charge in [0.05, 0.1) is 12.6 Å². The third kappa shape index (κ3) is 5.21. The largest absolute Gasteiger partial charge is 0.296 e. The van der Waals surface area contributed by atoms with Gasteiger partial charge < -0.3 is 0 Å². The molecular weight excluding hydrogens is 112 g/mol. The smallest absolute Gasteiger partial charge is 0.0662 e. The van der Waals surface area contributed by atoms with Gasteiger partial charge in [-0.2, -0.15) is 0 Å². The van der Waals surface area contributed by atoms with Crippen molar-refractivity contribution in [3.8, 4) is 0 Å². The molecule has 2 nitrogen and oxygen atoms in total. The Morgan fingerprint density at radius 1 is 1.33 bits per heavy atom. The van der Waals surface area contributed by atoms with Crippen LogP contribution in [0.4, 0.5) is 0 Å². The highest BCUT2D eigenvalue weighted by molar-refractivity contribution is 5.54. The Bertz CT molecular complexity index is 105. The lowest BCUT2D eigenvalue weighted by Gasteiger charge is -1.97.